The van der Waals surface area contributed by atoms with Crippen molar-refractivity contribution >= 4 is 38.3 Å². The van der Waals surface area contributed by atoms with Crippen LogP contribution in [-0.2, 0) is 0 Å². The molecule has 35 heavy (non-hydrogen) atoms. The Morgan fingerprint density at radius 3 is 2.40 bits per heavy atom. The van der Waals surface area contributed by atoms with E-state index in [4.69, 9.17) is 9.72 Å². The number of carboxylic acid groups (broad SMARTS) is 1. The Morgan fingerprint density at radius 1 is 1.00 bits per heavy atom. The molecular weight excluding hydrogens is 465 g/mol. The molecule has 2 aromatic heterocycles. The summed E-state index contributed by atoms with van der Waals surface area (Å²) >= 11 is 1.62. The van der Waals surface area contributed by atoms with Crippen LogP contribution in [0.3, 0.4) is 0 Å². The normalized spacial score (nSPS) is 11.9. The fourth-order valence-electron chi connectivity index (χ4n) is 4.33. The van der Waals surface area contributed by atoms with E-state index in [-0.39, 0.29) is 41.2 Å². The van der Waals surface area contributed by atoms with E-state index in [1.54, 1.807) is 17.4 Å². The Kier molecular flexibility index (Phi) is 7.34. The van der Waals surface area contributed by atoms with Gasteiger partial charge in [0.15, 0.2) is 0 Å². The van der Waals surface area contributed by atoms with Gasteiger partial charge in [-0.15, -0.1) is 11.3 Å². The Hall–Kier alpha value is -2.70. The van der Waals surface area contributed by atoms with Crippen LogP contribution in [0.15, 0.2) is 66.7 Å². The molecule has 0 aliphatic rings. The number of carboxylic acids is 1. The minimum atomic E-state index is -1.24. The van der Waals surface area contributed by atoms with Gasteiger partial charge in [-0.05, 0) is 68.0 Å². The Morgan fingerprint density at radius 2 is 1.71 bits per heavy atom. The van der Waals surface area contributed by atoms with E-state index < -0.39 is 5.97 Å². The minimum absolute atomic E-state index is 0. The van der Waals surface area contributed by atoms with Gasteiger partial charge in [-0.1, -0.05) is 54.1 Å². The van der Waals surface area contributed by atoms with Crippen molar-refractivity contribution in [1.82, 2.24) is 4.98 Å². The maximum absolute atomic E-state index is 12.3. The zero-order valence-corrected chi connectivity index (χ0v) is 23.3. The fraction of sp³-hybridized carbons (Fsp3) is 0.172. The molecule has 0 fully saturated rings. The zero-order chi connectivity index (χ0) is 24.0. The number of carbonyl (C=O) groups excluding carboxylic acids is 1. The smallest absolute Gasteiger partial charge is 0.545 e. The maximum Gasteiger partial charge on any atom is 1.00 e. The van der Waals surface area contributed by atoms with Gasteiger partial charge in [0.05, 0.1) is 27.4 Å². The van der Waals surface area contributed by atoms with Crippen LogP contribution in [0.25, 0.3) is 31.6 Å². The van der Waals surface area contributed by atoms with Gasteiger partial charge in [0.2, 0.25) is 0 Å². The van der Waals surface area contributed by atoms with Crippen molar-refractivity contribution in [2.75, 3.05) is 0 Å². The van der Waals surface area contributed by atoms with E-state index >= 15 is 0 Å². The Bertz CT molecular complexity index is 1560. The summed E-state index contributed by atoms with van der Waals surface area (Å²) in [6, 6.07) is 21.7. The van der Waals surface area contributed by atoms with Crippen molar-refractivity contribution in [1.29, 1.82) is 0 Å². The summed E-state index contributed by atoms with van der Waals surface area (Å²) in [6.45, 7) is 7.98. The second-order valence-electron chi connectivity index (χ2n) is 8.67. The average Bonchev–Trinajstić information content (AvgIpc) is 3.17. The van der Waals surface area contributed by atoms with E-state index in [0.717, 1.165) is 31.7 Å². The maximum atomic E-state index is 12.3. The molecule has 6 heteroatoms. The Balaban J connectivity index is 0.00000289. The van der Waals surface area contributed by atoms with E-state index in [9.17, 15) is 9.90 Å². The number of thiophene rings is 1. The molecular formula is C29H24NNaO3S. The van der Waals surface area contributed by atoms with Crippen molar-refractivity contribution in [2.24, 2.45) is 0 Å². The third kappa shape index (κ3) is 4.74. The van der Waals surface area contributed by atoms with Crippen molar-refractivity contribution in [3.63, 3.8) is 0 Å². The zero-order valence-electron chi connectivity index (χ0n) is 20.5. The van der Waals surface area contributed by atoms with Crippen molar-refractivity contribution < 1.29 is 44.2 Å². The van der Waals surface area contributed by atoms with Crippen LogP contribution >= 0.6 is 11.3 Å². The topological polar surface area (TPSA) is 62.2 Å². The number of hydrogen-bond acceptors (Lipinski definition) is 5. The van der Waals surface area contributed by atoms with Crippen LogP contribution in [-0.4, -0.2) is 11.0 Å². The van der Waals surface area contributed by atoms with Gasteiger partial charge in [0.25, 0.3) is 0 Å². The number of rotatable bonds is 5. The van der Waals surface area contributed by atoms with Crippen molar-refractivity contribution in [3.05, 3.63) is 94.5 Å². The number of nitrogens with zero attached hydrogens (tertiary/aromatic N) is 1. The number of hydrogen-bond donors (Lipinski definition) is 0. The van der Waals surface area contributed by atoms with Crippen molar-refractivity contribution in [2.45, 2.75) is 33.8 Å². The molecule has 0 unspecified atom stereocenters. The van der Waals surface area contributed by atoms with Gasteiger partial charge in [0, 0.05) is 10.3 Å². The number of carbonyl (C=O) groups is 1. The molecule has 0 aliphatic carbocycles. The minimum Gasteiger partial charge on any atom is -0.545 e. The number of aromatic nitrogens is 1. The molecule has 2 heterocycles. The van der Waals surface area contributed by atoms with E-state index in [0.29, 0.717) is 22.3 Å². The molecule has 0 saturated carbocycles. The molecule has 0 saturated heterocycles. The van der Waals surface area contributed by atoms with Gasteiger partial charge in [0.1, 0.15) is 11.9 Å². The molecule has 0 bridgehead atoms. The largest absolute Gasteiger partial charge is 1.00 e. The summed E-state index contributed by atoms with van der Waals surface area (Å²) in [7, 11) is 0. The summed E-state index contributed by atoms with van der Waals surface area (Å²) in [4.78, 5) is 18.2. The van der Waals surface area contributed by atoms with Crippen LogP contribution in [0.5, 0.6) is 5.75 Å². The third-order valence-corrected chi connectivity index (χ3v) is 7.57. The fourth-order valence-corrected chi connectivity index (χ4v) is 5.50. The van der Waals surface area contributed by atoms with E-state index in [1.807, 2.05) is 76.2 Å². The first-order valence-electron chi connectivity index (χ1n) is 11.2. The van der Waals surface area contributed by atoms with Gasteiger partial charge < -0.3 is 14.6 Å². The molecule has 3 aromatic carbocycles. The van der Waals surface area contributed by atoms with Gasteiger partial charge in [-0.2, -0.15) is 0 Å². The number of fused-ring (bicyclic) bond motifs is 2. The first-order valence-corrected chi connectivity index (χ1v) is 12.0. The number of aromatic carboxylic acids is 1. The number of benzene rings is 3. The van der Waals surface area contributed by atoms with Crippen LogP contribution < -0.4 is 39.4 Å². The molecule has 5 aromatic rings. The van der Waals surface area contributed by atoms with Crippen LogP contribution in [0.2, 0.25) is 0 Å². The third-order valence-electron chi connectivity index (χ3n) is 6.27. The number of pyridine rings is 1. The molecule has 0 aliphatic heterocycles. The summed E-state index contributed by atoms with van der Waals surface area (Å²) in [6.07, 6.45) is -0.259. The predicted octanol–water partition coefficient (Wildman–Crippen LogP) is 3.55. The molecule has 4 nitrogen and oxygen atoms in total. The van der Waals surface area contributed by atoms with Crippen LogP contribution in [0.1, 0.15) is 45.6 Å². The summed E-state index contributed by atoms with van der Waals surface area (Å²) < 4.78 is 7.43. The first kappa shape index (κ1) is 25.4. The molecule has 0 amide bonds. The standard InChI is InChI=1S/C29H25NO3S.Na/c1-16-9-12-20(13-10-16)19(4)33-24-14-11-17(2)27-26(24)22(29(31)32)15-23(30-27)28-18(3)21-7-5-6-8-25(21)34-28;/h5-15,19H,1-4H3,(H,31,32);/q;+1/p-1/t19-;/m1./s1. The van der Waals surface area contributed by atoms with Crippen LogP contribution in [0.4, 0.5) is 0 Å². The average molecular weight is 490 g/mol. The second kappa shape index (κ2) is 10.1. The van der Waals surface area contributed by atoms with Gasteiger partial charge >= 0.3 is 29.6 Å². The molecule has 1 atom stereocenters. The SMILES string of the molecule is Cc1ccc([C@@H](C)Oc2ccc(C)c3nc(-c4sc5ccccc5c4C)cc(C(=O)[O-])c23)cc1.[Na+]. The van der Waals surface area contributed by atoms with Crippen molar-refractivity contribution in [3.8, 4) is 16.3 Å². The molecule has 0 N–H and O–H groups in total. The molecule has 5 rings (SSSR count). The Labute approximate surface area is 230 Å². The second-order valence-corrected chi connectivity index (χ2v) is 9.72. The summed E-state index contributed by atoms with van der Waals surface area (Å²) in [5.74, 6) is -0.758. The van der Waals surface area contributed by atoms with E-state index in [1.165, 1.54) is 5.56 Å². The number of ether oxygens (including phenoxy) is 1. The van der Waals surface area contributed by atoms with E-state index in [2.05, 4.69) is 12.1 Å². The molecule has 0 spiro atoms. The predicted molar refractivity (Wildman–Crippen MR) is 137 cm³/mol. The quantitative estimate of drug-likeness (QED) is 0.354. The molecule has 0 radical (unpaired) electrons. The first-order chi connectivity index (χ1) is 16.3. The summed E-state index contributed by atoms with van der Waals surface area (Å²) in [5, 5.41) is 13.9. The van der Waals surface area contributed by atoms with Gasteiger partial charge in [-0.25, -0.2) is 4.98 Å². The molecule has 170 valence electrons. The van der Waals surface area contributed by atoms with Gasteiger partial charge in [-0.3, -0.25) is 0 Å². The number of aryl methyl sites for hydroxylation is 3. The van der Waals surface area contributed by atoms with Crippen LogP contribution in [0, 0.1) is 20.8 Å². The monoisotopic (exact) mass is 489 g/mol. The summed E-state index contributed by atoms with van der Waals surface area (Å²) in [5.41, 5.74) is 5.50.